The van der Waals surface area contributed by atoms with E-state index in [4.69, 9.17) is 5.73 Å². The van der Waals surface area contributed by atoms with Gasteiger partial charge >= 0.3 is 0 Å². The van der Waals surface area contributed by atoms with Gasteiger partial charge in [-0.25, -0.2) is 13.1 Å². The topological polar surface area (TPSA) is 92.4 Å². The van der Waals surface area contributed by atoms with E-state index >= 15 is 0 Å². The third-order valence-electron chi connectivity index (χ3n) is 2.91. The highest BCUT2D eigenvalue weighted by molar-refractivity contribution is 7.89. The summed E-state index contributed by atoms with van der Waals surface area (Å²) in [6.07, 6.45) is 0.464. The molecule has 0 saturated heterocycles. The number of nitrogens with two attached hydrogens (primary N) is 1. The van der Waals surface area contributed by atoms with Crippen LogP contribution in [0.1, 0.15) is 25.8 Å². The SMILES string of the molecule is CCC(C)(O)CNS(=O)(=O)c1cc(N)ccc1C. The van der Waals surface area contributed by atoms with Crippen molar-refractivity contribution in [1.29, 1.82) is 0 Å². The normalized spacial score (nSPS) is 15.3. The molecule has 5 nitrogen and oxygen atoms in total. The molecule has 102 valence electrons. The van der Waals surface area contributed by atoms with Gasteiger partial charge in [0.15, 0.2) is 0 Å². The largest absolute Gasteiger partial charge is 0.399 e. The molecular weight excluding hydrogens is 252 g/mol. The highest BCUT2D eigenvalue weighted by Crippen LogP contribution is 2.18. The van der Waals surface area contributed by atoms with Gasteiger partial charge < -0.3 is 10.8 Å². The third-order valence-corrected chi connectivity index (χ3v) is 4.45. The Morgan fingerprint density at radius 1 is 1.44 bits per heavy atom. The Hall–Kier alpha value is -1.11. The van der Waals surface area contributed by atoms with E-state index in [0.717, 1.165) is 0 Å². The summed E-state index contributed by atoms with van der Waals surface area (Å²) in [7, 11) is -3.65. The predicted molar refractivity (Wildman–Crippen MR) is 71.7 cm³/mol. The number of benzene rings is 1. The predicted octanol–water partition coefficient (Wildman–Crippen LogP) is 1.02. The molecule has 1 aromatic carbocycles. The average Bonchev–Trinajstić information content (AvgIpc) is 2.30. The number of nitrogens with one attached hydrogen (secondary N) is 1. The molecular formula is C12H20N2O3S. The zero-order valence-electron chi connectivity index (χ0n) is 10.9. The molecule has 6 heteroatoms. The summed E-state index contributed by atoms with van der Waals surface area (Å²) in [6.45, 7) is 5.05. The highest BCUT2D eigenvalue weighted by atomic mass is 32.2. The smallest absolute Gasteiger partial charge is 0.241 e. The van der Waals surface area contributed by atoms with Crippen LogP contribution in [-0.2, 0) is 10.0 Å². The van der Waals surface area contributed by atoms with Crippen LogP contribution >= 0.6 is 0 Å². The van der Waals surface area contributed by atoms with Crippen LogP contribution in [0.4, 0.5) is 5.69 Å². The first-order valence-corrected chi connectivity index (χ1v) is 7.24. The molecule has 1 rings (SSSR count). The Morgan fingerprint density at radius 3 is 2.61 bits per heavy atom. The Labute approximate surface area is 108 Å². The van der Waals surface area contributed by atoms with E-state index in [1.807, 2.05) is 0 Å². The number of rotatable bonds is 5. The van der Waals surface area contributed by atoms with Crippen molar-refractivity contribution < 1.29 is 13.5 Å². The molecule has 4 N–H and O–H groups in total. The first kappa shape index (κ1) is 14.9. The molecule has 0 aromatic heterocycles. The van der Waals surface area contributed by atoms with Crippen LogP contribution in [0.15, 0.2) is 23.1 Å². The van der Waals surface area contributed by atoms with E-state index < -0.39 is 15.6 Å². The van der Waals surface area contributed by atoms with Gasteiger partial charge in [-0.2, -0.15) is 0 Å². The van der Waals surface area contributed by atoms with Gasteiger partial charge in [0, 0.05) is 12.2 Å². The van der Waals surface area contributed by atoms with Gasteiger partial charge in [0.25, 0.3) is 0 Å². The molecule has 0 amide bonds. The van der Waals surface area contributed by atoms with Crippen LogP contribution in [0.5, 0.6) is 0 Å². The second kappa shape index (κ2) is 5.26. The monoisotopic (exact) mass is 272 g/mol. The number of nitrogen functional groups attached to an aromatic ring is 1. The zero-order valence-corrected chi connectivity index (χ0v) is 11.7. The number of anilines is 1. The van der Waals surface area contributed by atoms with Crippen molar-refractivity contribution in [2.24, 2.45) is 0 Å². The lowest BCUT2D eigenvalue weighted by molar-refractivity contribution is 0.0613. The summed E-state index contributed by atoms with van der Waals surface area (Å²) in [5, 5.41) is 9.81. The molecule has 0 radical (unpaired) electrons. The van der Waals surface area contributed by atoms with Crippen molar-refractivity contribution in [3.8, 4) is 0 Å². The Kier molecular flexibility index (Phi) is 4.37. The van der Waals surface area contributed by atoms with Crippen LogP contribution in [0.2, 0.25) is 0 Å². The lowest BCUT2D eigenvalue weighted by Crippen LogP contribution is -2.40. The molecule has 0 heterocycles. The van der Waals surface area contributed by atoms with E-state index in [2.05, 4.69) is 4.72 Å². The summed E-state index contributed by atoms with van der Waals surface area (Å²) in [5.41, 5.74) is 5.55. The second-order valence-corrected chi connectivity index (χ2v) is 6.44. The summed E-state index contributed by atoms with van der Waals surface area (Å²) in [6, 6.07) is 4.72. The van der Waals surface area contributed by atoms with Crippen LogP contribution in [0, 0.1) is 6.92 Å². The van der Waals surface area contributed by atoms with Crippen LogP contribution in [0.3, 0.4) is 0 Å². The lowest BCUT2D eigenvalue weighted by atomic mass is 10.1. The standard InChI is InChI=1S/C12H20N2O3S/c1-4-12(3,15)8-14-18(16,17)11-7-10(13)6-5-9(11)2/h5-7,14-15H,4,8,13H2,1-3H3. The molecule has 18 heavy (non-hydrogen) atoms. The van der Waals surface area contributed by atoms with Gasteiger partial charge in [0.1, 0.15) is 0 Å². The van der Waals surface area contributed by atoms with Crippen molar-refractivity contribution in [3.63, 3.8) is 0 Å². The highest BCUT2D eigenvalue weighted by Gasteiger charge is 2.23. The molecule has 0 saturated carbocycles. The van der Waals surface area contributed by atoms with Crippen molar-refractivity contribution in [1.82, 2.24) is 4.72 Å². The molecule has 1 atom stereocenters. The van der Waals surface area contributed by atoms with Crippen LogP contribution < -0.4 is 10.5 Å². The van der Waals surface area contributed by atoms with E-state index in [1.165, 1.54) is 6.07 Å². The minimum atomic E-state index is -3.65. The number of aryl methyl sites for hydroxylation is 1. The van der Waals surface area contributed by atoms with Gasteiger partial charge in [-0.3, -0.25) is 0 Å². The van der Waals surface area contributed by atoms with E-state index in [-0.39, 0.29) is 11.4 Å². The minimum Gasteiger partial charge on any atom is -0.399 e. The van der Waals surface area contributed by atoms with Crippen LogP contribution in [-0.4, -0.2) is 25.7 Å². The number of hydrogen-bond acceptors (Lipinski definition) is 4. The lowest BCUT2D eigenvalue weighted by Gasteiger charge is -2.21. The fraction of sp³-hybridized carbons (Fsp3) is 0.500. The maximum atomic E-state index is 12.1. The Bertz CT molecular complexity index is 524. The first-order valence-electron chi connectivity index (χ1n) is 5.76. The van der Waals surface area contributed by atoms with Crippen molar-refractivity contribution >= 4 is 15.7 Å². The third kappa shape index (κ3) is 3.69. The molecule has 0 bridgehead atoms. The van der Waals surface area contributed by atoms with Crippen molar-refractivity contribution in [2.75, 3.05) is 12.3 Å². The zero-order chi connectivity index (χ0) is 14.0. The molecule has 0 aliphatic rings. The molecule has 0 aliphatic carbocycles. The first-order chi connectivity index (χ1) is 8.18. The van der Waals surface area contributed by atoms with E-state index in [0.29, 0.717) is 17.7 Å². The fourth-order valence-electron chi connectivity index (χ4n) is 1.36. The summed E-state index contributed by atoms with van der Waals surface area (Å²) in [4.78, 5) is 0.148. The average molecular weight is 272 g/mol. The molecule has 1 aromatic rings. The van der Waals surface area contributed by atoms with E-state index in [9.17, 15) is 13.5 Å². The Morgan fingerprint density at radius 2 is 2.06 bits per heavy atom. The Balaban J connectivity index is 2.97. The maximum Gasteiger partial charge on any atom is 0.241 e. The van der Waals surface area contributed by atoms with Crippen molar-refractivity contribution in [2.45, 2.75) is 37.7 Å². The number of aliphatic hydroxyl groups is 1. The maximum absolute atomic E-state index is 12.1. The fourth-order valence-corrected chi connectivity index (χ4v) is 2.80. The molecule has 0 fully saturated rings. The molecule has 0 aliphatic heterocycles. The summed E-state index contributed by atoms with van der Waals surface area (Å²) >= 11 is 0. The van der Waals surface area contributed by atoms with Crippen LogP contribution in [0.25, 0.3) is 0 Å². The van der Waals surface area contributed by atoms with Gasteiger partial charge in [-0.15, -0.1) is 0 Å². The quantitative estimate of drug-likeness (QED) is 0.698. The number of sulfonamides is 1. The number of hydrogen-bond donors (Lipinski definition) is 3. The summed E-state index contributed by atoms with van der Waals surface area (Å²) in [5.74, 6) is 0. The van der Waals surface area contributed by atoms with Gasteiger partial charge in [-0.05, 0) is 38.0 Å². The van der Waals surface area contributed by atoms with Gasteiger partial charge in [-0.1, -0.05) is 13.0 Å². The van der Waals surface area contributed by atoms with Gasteiger partial charge in [0.05, 0.1) is 10.5 Å². The molecule has 0 spiro atoms. The molecule has 1 unspecified atom stereocenters. The second-order valence-electron chi connectivity index (χ2n) is 4.70. The van der Waals surface area contributed by atoms with E-state index in [1.54, 1.807) is 32.9 Å². The van der Waals surface area contributed by atoms with Crippen molar-refractivity contribution in [3.05, 3.63) is 23.8 Å². The van der Waals surface area contributed by atoms with Gasteiger partial charge in [0.2, 0.25) is 10.0 Å². The minimum absolute atomic E-state index is 0.0277. The summed E-state index contributed by atoms with van der Waals surface area (Å²) < 4.78 is 26.6.